The summed E-state index contributed by atoms with van der Waals surface area (Å²) >= 11 is 6.20. The molecule has 2 aliphatic carbocycles. The first kappa shape index (κ1) is 28.3. The monoisotopic (exact) mass is 582 g/mol. The lowest BCUT2D eigenvalue weighted by Crippen LogP contribution is -2.43. The van der Waals surface area contributed by atoms with Crippen LogP contribution in [0.2, 0.25) is 5.02 Å². The van der Waals surface area contributed by atoms with Crippen LogP contribution in [0.3, 0.4) is 0 Å². The number of nitrogens with one attached hydrogen (secondary N) is 3. The van der Waals surface area contributed by atoms with E-state index in [1.807, 2.05) is 59.4 Å². The maximum absolute atomic E-state index is 14.0. The van der Waals surface area contributed by atoms with E-state index in [2.05, 4.69) is 40.2 Å². The molecule has 0 bridgehead atoms. The summed E-state index contributed by atoms with van der Waals surface area (Å²) in [4.78, 5) is 23.6. The third-order valence-corrected chi connectivity index (χ3v) is 8.77. The molecule has 0 saturated heterocycles. The molecule has 2 atom stereocenters. The van der Waals surface area contributed by atoms with Crippen LogP contribution in [-0.4, -0.2) is 26.5 Å². The molecule has 0 spiro atoms. The Kier molecular flexibility index (Phi) is 9.04. The normalized spacial score (nSPS) is 17.7. The van der Waals surface area contributed by atoms with Gasteiger partial charge < -0.3 is 20.5 Å². The second-order valence-corrected chi connectivity index (χ2v) is 12.0. The van der Waals surface area contributed by atoms with Gasteiger partial charge in [-0.05, 0) is 72.6 Å². The van der Waals surface area contributed by atoms with E-state index in [1.54, 1.807) is 0 Å². The third-order valence-electron chi connectivity index (χ3n) is 8.54. The molecule has 0 aliphatic heterocycles. The van der Waals surface area contributed by atoms with E-state index in [0.717, 1.165) is 37.1 Å². The lowest BCUT2D eigenvalue weighted by Gasteiger charge is -2.31. The van der Waals surface area contributed by atoms with Gasteiger partial charge in [-0.15, -0.1) is 0 Å². The summed E-state index contributed by atoms with van der Waals surface area (Å²) in [6.45, 7) is 0.530. The summed E-state index contributed by atoms with van der Waals surface area (Å²) in [6, 6.07) is 21.7. The maximum Gasteiger partial charge on any atom is 0.243 e. The van der Waals surface area contributed by atoms with Crippen molar-refractivity contribution >= 4 is 29.3 Å². The number of hydrogen-bond donors (Lipinski definition) is 3. The highest BCUT2D eigenvalue weighted by Crippen LogP contribution is 2.31. The van der Waals surface area contributed by atoms with Gasteiger partial charge in [0.2, 0.25) is 11.9 Å². The second-order valence-electron chi connectivity index (χ2n) is 11.6. The number of benzene rings is 2. The van der Waals surface area contributed by atoms with Crippen LogP contribution in [0.15, 0.2) is 79.1 Å². The number of aryl methyl sites for hydroxylation is 1. The lowest BCUT2D eigenvalue weighted by molar-refractivity contribution is -0.123. The molecule has 42 heavy (non-hydrogen) atoms. The topological polar surface area (TPSA) is 83.9 Å². The molecule has 6 rings (SSSR count). The van der Waals surface area contributed by atoms with E-state index in [4.69, 9.17) is 21.6 Å². The van der Waals surface area contributed by atoms with E-state index in [0.29, 0.717) is 29.3 Å². The molecule has 1 fully saturated rings. The van der Waals surface area contributed by atoms with Gasteiger partial charge in [0.15, 0.2) is 0 Å². The van der Waals surface area contributed by atoms with Crippen molar-refractivity contribution in [1.29, 1.82) is 0 Å². The molecular formula is C34H39ClN6O. The molecule has 2 heterocycles. The van der Waals surface area contributed by atoms with Crippen LogP contribution >= 0.6 is 11.6 Å². The summed E-state index contributed by atoms with van der Waals surface area (Å²) in [5.74, 6) is 2.40. The molecule has 1 saturated carbocycles. The fourth-order valence-corrected chi connectivity index (χ4v) is 6.59. The van der Waals surface area contributed by atoms with Crippen molar-refractivity contribution in [3.05, 3.63) is 101 Å². The van der Waals surface area contributed by atoms with Crippen LogP contribution in [0, 0.1) is 5.92 Å². The fourth-order valence-electron chi connectivity index (χ4n) is 6.38. The molecule has 0 unspecified atom stereocenters. The van der Waals surface area contributed by atoms with Crippen molar-refractivity contribution in [3.8, 4) is 5.82 Å². The Bertz CT molecular complexity index is 1480. The van der Waals surface area contributed by atoms with Crippen molar-refractivity contribution in [2.45, 2.75) is 76.4 Å². The predicted octanol–water partition coefficient (Wildman–Crippen LogP) is 7.48. The Balaban J connectivity index is 1.25. The SMILES string of the molecule is O=C(N[C@H]1CCCc2ccccc21)[C@@H](CC1CCCCC1)Nc1cc(-n2cccc2)nc(NCc2cccc(Cl)c2)n1. The number of amides is 1. The van der Waals surface area contributed by atoms with Crippen LogP contribution in [0.5, 0.6) is 0 Å². The summed E-state index contributed by atoms with van der Waals surface area (Å²) in [7, 11) is 0. The molecular weight excluding hydrogens is 544 g/mol. The highest BCUT2D eigenvalue weighted by molar-refractivity contribution is 6.30. The molecule has 4 aromatic rings. The lowest BCUT2D eigenvalue weighted by atomic mass is 9.84. The third kappa shape index (κ3) is 7.13. The van der Waals surface area contributed by atoms with Crippen molar-refractivity contribution in [2.24, 2.45) is 5.92 Å². The van der Waals surface area contributed by atoms with Crippen molar-refractivity contribution < 1.29 is 4.79 Å². The average Bonchev–Trinajstić information content (AvgIpc) is 3.56. The van der Waals surface area contributed by atoms with Crippen molar-refractivity contribution in [1.82, 2.24) is 19.9 Å². The van der Waals surface area contributed by atoms with Crippen molar-refractivity contribution in [3.63, 3.8) is 0 Å². The number of anilines is 2. The zero-order valence-corrected chi connectivity index (χ0v) is 24.7. The number of hydrogen-bond acceptors (Lipinski definition) is 5. The van der Waals surface area contributed by atoms with E-state index < -0.39 is 6.04 Å². The zero-order valence-electron chi connectivity index (χ0n) is 23.9. The molecule has 218 valence electrons. The number of nitrogens with zero attached hydrogens (tertiary/aromatic N) is 3. The van der Waals surface area contributed by atoms with Gasteiger partial charge >= 0.3 is 0 Å². The number of rotatable bonds is 10. The fraction of sp³-hybridized carbons (Fsp3) is 0.382. The van der Waals surface area contributed by atoms with Gasteiger partial charge in [0.05, 0.1) is 6.04 Å². The highest BCUT2D eigenvalue weighted by atomic mass is 35.5. The van der Waals surface area contributed by atoms with E-state index in [1.165, 1.54) is 43.2 Å². The Morgan fingerprint density at radius 3 is 2.60 bits per heavy atom. The van der Waals surface area contributed by atoms with Gasteiger partial charge in [0, 0.05) is 30.0 Å². The number of carbonyl (C=O) groups excluding carboxylic acids is 1. The van der Waals surface area contributed by atoms with Crippen molar-refractivity contribution in [2.75, 3.05) is 10.6 Å². The van der Waals surface area contributed by atoms with Crippen LogP contribution < -0.4 is 16.0 Å². The van der Waals surface area contributed by atoms with E-state index in [-0.39, 0.29) is 11.9 Å². The first-order valence-electron chi connectivity index (χ1n) is 15.3. The molecule has 2 aromatic carbocycles. The van der Waals surface area contributed by atoms with Gasteiger partial charge in [0.25, 0.3) is 0 Å². The molecule has 1 amide bonds. The van der Waals surface area contributed by atoms with Gasteiger partial charge in [-0.3, -0.25) is 4.79 Å². The second kappa shape index (κ2) is 13.4. The summed E-state index contributed by atoms with van der Waals surface area (Å²) in [6.07, 6.45) is 13.9. The van der Waals surface area contributed by atoms with Gasteiger partial charge in [0.1, 0.15) is 17.7 Å². The van der Waals surface area contributed by atoms with E-state index >= 15 is 0 Å². The Hall–Kier alpha value is -3.84. The van der Waals surface area contributed by atoms with E-state index in [9.17, 15) is 4.79 Å². The van der Waals surface area contributed by atoms with Crippen LogP contribution in [0.25, 0.3) is 5.82 Å². The average molecular weight is 583 g/mol. The maximum atomic E-state index is 14.0. The first-order valence-corrected chi connectivity index (χ1v) is 15.6. The first-order chi connectivity index (χ1) is 20.6. The summed E-state index contributed by atoms with van der Waals surface area (Å²) < 4.78 is 1.95. The highest BCUT2D eigenvalue weighted by Gasteiger charge is 2.29. The minimum Gasteiger partial charge on any atom is -0.358 e. The quantitative estimate of drug-likeness (QED) is 0.180. The van der Waals surface area contributed by atoms with Crippen LogP contribution in [0.1, 0.15) is 74.1 Å². The minimum atomic E-state index is -0.393. The number of fused-ring (bicyclic) bond motifs is 1. The van der Waals surface area contributed by atoms with Crippen LogP contribution in [-0.2, 0) is 17.8 Å². The zero-order chi connectivity index (χ0) is 28.7. The summed E-state index contributed by atoms with van der Waals surface area (Å²) in [5.41, 5.74) is 3.63. The minimum absolute atomic E-state index is 0.0360. The number of carbonyl (C=O) groups is 1. The van der Waals surface area contributed by atoms with Gasteiger partial charge in [-0.1, -0.05) is 80.1 Å². The Labute approximate surface area is 253 Å². The smallest absolute Gasteiger partial charge is 0.243 e. The Morgan fingerprint density at radius 1 is 0.929 bits per heavy atom. The van der Waals surface area contributed by atoms with Gasteiger partial charge in [-0.25, -0.2) is 0 Å². The molecule has 2 aliphatic rings. The molecule has 8 heteroatoms. The molecule has 2 aromatic heterocycles. The van der Waals surface area contributed by atoms with Gasteiger partial charge in [-0.2, -0.15) is 9.97 Å². The molecule has 7 nitrogen and oxygen atoms in total. The number of aromatic nitrogens is 3. The Morgan fingerprint density at radius 2 is 1.76 bits per heavy atom. The molecule has 0 radical (unpaired) electrons. The number of halogens is 1. The molecule has 3 N–H and O–H groups in total. The van der Waals surface area contributed by atoms with Crippen LogP contribution in [0.4, 0.5) is 11.8 Å². The standard InChI is InChI=1S/C34H39ClN6O/c35-27-15-8-12-25(20-27)23-36-34-39-31(22-32(40-34)41-18-6-7-19-41)37-30(21-24-10-2-1-3-11-24)33(42)38-29-17-9-14-26-13-4-5-16-28(26)29/h4-8,12-13,15-16,18-20,22,24,29-30H,1-3,9-11,14,17,21,23H2,(H,38,42)(H2,36,37,39,40)/t29-,30+/m0/s1. The predicted molar refractivity (Wildman–Crippen MR) is 169 cm³/mol. The summed E-state index contributed by atoms with van der Waals surface area (Å²) in [5, 5.41) is 11.0. The largest absolute Gasteiger partial charge is 0.358 e.